The van der Waals surface area contributed by atoms with Crippen LogP contribution < -0.4 is 0 Å². The summed E-state index contributed by atoms with van der Waals surface area (Å²) in [4.78, 5) is 0. The highest BCUT2D eigenvalue weighted by Gasteiger charge is 2.13. The Morgan fingerprint density at radius 2 is 1.81 bits per heavy atom. The second kappa shape index (κ2) is 4.63. The van der Waals surface area contributed by atoms with E-state index in [0.717, 1.165) is 22.3 Å². The van der Waals surface area contributed by atoms with Gasteiger partial charge in [0.2, 0.25) is 9.05 Å². The zero-order chi connectivity index (χ0) is 12.5. The van der Waals surface area contributed by atoms with Gasteiger partial charge in [-0.15, -0.1) is 0 Å². The highest BCUT2D eigenvalue weighted by molar-refractivity contribution is 8.13. The second-order valence-electron chi connectivity index (χ2n) is 3.96. The van der Waals surface area contributed by atoms with Crippen LogP contribution in [0.25, 0.3) is 0 Å². The molecule has 0 aromatic heterocycles. The normalized spacial score (nSPS) is 11.8. The van der Waals surface area contributed by atoms with Gasteiger partial charge in [0.05, 0.1) is 5.75 Å². The fraction of sp³-hybridized carbons (Fsp3) is 0.455. The molecule has 0 heterocycles. The van der Waals surface area contributed by atoms with E-state index in [1.165, 1.54) is 0 Å². The fourth-order valence-electron chi connectivity index (χ4n) is 1.82. The van der Waals surface area contributed by atoms with E-state index in [1.54, 1.807) is 6.92 Å². The molecule has 0 fully saturated rings. The first-order chi connectivity index (χ1) is 7.22. The van der Waals surface area contributed by atoms with E-state index < -0.39 is 9.05 Å². The summed E-state index contributed by atoms with van der Waals surface area (Å²) in [6.45, 7) is 5.50. The third-order valence-electron chi connectivity index (χ3n) is 2.69. The summed E-state index contributed by atoms with van der Waals surface area (Å²) in [5.41, 5.74) is 3.37. The number of phenolic OH excluding ortho intramolecular Hbond substituents is 1. The van der Waals surface area contributed by atoms with Crippen molar-refractivity contribution in [3.05, 3.63) is 28.3 Å². The molecule has 0 saturated carbocycles. The minimum Gasteiger partial charge on any atom is -0.507 e. The minimum atomic E-state index is -3.49. The number of phenols is 1. The highest BCUT2D eigenvalue weighted by atomic mass is 35.7. The fourth-order valence-corrected chi connectivity index (χ4v) is 2.50. The van der Waals surface area contributed by atoms with E-state index in [1.807, 2.05) is 19.9 Å². The molecule has 0 saturated heterocycles. The van der Waals surface area contributed by atoms with Crippen LogP contribution in [0.2, 0.25) is 0 Å². The van der Waals surface area contributed by atoms with Crippen molar-refractivity contribution in [2.75, 3.05) is 5.75 Å². The summed E-state index contributed by atoms with van der Waals surface area (Å²) in [5, 5.41) is 9.76. The van der Waals surface area contributed by atoms with Gasteiger partial charge in [-0.3, -0.25) is 0 Å². The van der Waals surface area contributed by atoms with E-state index in [9.17, 15) is 13.5 Å². The molecular formula is C11H15ClO3S. The largest absolute Gasteiger partial charge is 0.507 e. The first-order valence-corrected chi connectivity index (χ1v) is 7.41. The van der Waals surface area contributed by atoms with Gasteiger partial charge in [-0.1, -0.05) is 6.07 Å². The Labute approximate surface area is 100 Å². The SMILES string of the molecule is Cc1cc(C)c(CCS(=O)(=O)Cl)c(C)c1O. The molecule has 3 nitrogen and oxygen atoms in total. The second-order valence-corrected chi connectivity index (χ2v) is 6.85. The smallest absolute Gasteiger partial charge is 0.232 e. The van der Waals surface area contributed by atoms with Crippen molar-refractivity contribution in [1.82, 2.24) is 0 Å². The quantitative estimate of drug-likeness (QED) is 0.852. The Morgan fingerprint density at radius 1 is 1.25 bits per heavy atom. The number of hydrogen-bond acceptors (Lipinski definition) is 3. The van der Waals surface area contributed by atoms with Crippen molar-refractivity contribution in [2.24, 2.45) is 0 Å². The third-order valence-corrected chi connectivity index (χ3v) is 3.84. The Bertz CT molecular complexity index is 506. The maximum absolute atomic E-state index is 10.9. The molecule has 90 valence electrons. The van der Waals surface area contributed by atoms with Crippen LogP contribution in [0.1, 0.15) is 22.3 Å². The van der Waals surface area contributed by atoms with Gasteiger partial charge in [0.25, 0.3) is 0 Å². The lowest BCUT2D eigenvalue weighted by molar-refractivity contribution is 0.465. The zero-order valence-electron chi connectivity index (χ0n) is 9.54. The van der Waals surface area contributed by atoms with Crippen LogP contribution in [-0.4, -0.2) is 19.3 Å². The molecule has 0 aliphatic heterocycles. The average Bonchev–Trinajstić information content (AvgIpc) is 2.12. The van der Waals surface area contributed by atoms with Gasteiger partial charge in [0, 0.05) is 10.7 Å². The van der Waals surface area contributed by atoms with Gasteiger partial charge in [0.15, 0.2) is 0 Å². The van der Waals surface area contributed by atoms with Gasteiger partial charge >= 0.3 is 0 Å². The molecule has 1 rings (SSSR count). The number of halogens is 1. The van der Waals surface area contributed by atoms with E-state index in [-0.39, 0.29) is 11.5 Å². The molecule has 0 radical (unpaired) electrons. The van der Waals surface area contributed by atoms with Crippen LogP contribution in [-0.2, 0) is 15.5 Å². The Balaban J connectivity index is 3.10. The lowest BCUT2D eigenvalue weighted by Gasteiger charge is -2.12. The molecule has 0 atom stereocenters. The summed E-state index contributed by atoms with van der Waals surface area (Å²) in [5.74, 6) is 0.117. The monoisotopic (exact) mass is 262 g/mol. The van der Waals surface area contributed by atoms with Gasteiger partial charge in [-0.2, -0.15) is 0 Å². The van der Waals surface area contributed by atoms with Gasteiger partial charge in [-0.25, -0.2) is 8.42 Å². The van der Waals surface area contributed by atoms with Gasteiger partial charge in [-0.05, 0) is 49.4 Å². The summed E-state index contributed by atoms with van der Waals surface area (Å²) >= 11 is 0. The average molecular weight is 263 g/mol. The number of hydrogen-bond donors (Lipinski definition) is 1. The molecule has 1 aromatic rings. The van der Waals surface area contributed by atoms with Crippen molar-refractivity contribution < 1.29 is 13.5 Å². The molecule has 0 spiro atoms. The van der Waals surface area contributed by atoms with Gasteiger partial charge < -0.3 is 5.11 Å². The van der Waals surface area contributed by atoms with Crippen LogP contribution in [0, 0.1) is 20.8 Å². The topological polar surface area (TPSA) is 54.4 Å². The maximum Gasteiger partial charge on any atom is 0.232 e. The Hall–Kier alpha value is -0.740. The maximum atomic E-state index is 10.9. The van der Waals surface area contributed by atoms with Crippen LogP contribution >= 0.6 is 10.7 Å². The molecule has 0 unspecified atom stereocenters. The Morgan fingerprint density at radius 3 is 2.31 bits per heavy atom. The molecular weight excluding hydrogens is 248 g/mol. The van der Waals surface area contributed by atoms with Crippen LogP contribution in [0.15, 0.2) is 6.07 Å². The van der Waals surface area contributed by atoms with E-state index in [0.29, 0.717) is 6.42 Å². The van der Waals surface area contributed by atoms with Crippen molar-refractivity contribution in [2.45, 2.75) is 27.2 Å². The summed E-state index contributed by atoms with van der Waals surface area (Å²) < 4.78 is 21.8. The predicted molar refractivity (Wildman–Crippen MR) is 65.7 cm³/mol. The lowest BCUT2D eigenvalue weighted by Crippen LogP contribution is -2.05. The van der Waals surface area contributed by atoms with Crippen molar-refractivity contribution >= 4 is 19.7 Å². The number of benzene rings is 1. The number of rotatable bonds is 3. The van der Waals surface area contributed by atoms with E-state index in [2.05, 4.69) is 0 Å². The molecule has 1 N–H and O–H groups in total. The van der Waals surface area contributed by atoms with E-state index >= 15 is 0 Å². The first-order valence-electron chi connectivity index (χ1n) is 4.93. The molecule has 0 aliphatic carbocycles. The Kier molecular flexibility index (Phi) is 3.86. The third kappa shape index (κ3) is 3.12. The molecule has 16 heavy (non-hydrogen) atoms. The lowest BCUT2D eigenvalue weighted by atomic mass is 9.97. The molecule has 0 amide bonds. The molecule has 0 bridgehead atoms. The van der Waals surface area contributed by atoms with Crippen molar-refractivity contribution in [1.29, 1.82) is 0 Å². The standard InChI is InChI=1S/C11H15ClO3S/c1-7-6-8(2)11(13)9(3)10(7)4-5-16(12,14)15/h6,13H,4-5H2,1-3H3. The summed E-state index contributed by atoms with van der Waals surface area (Å²) in [7, 11) is 1.68. The highest BCUT2D eigenvalue weighted by Crippen LogP contribution is 2.28. The molecule has 1 aromatic carbocycles. The van der Waals surface area contributed by atoms with Crippen LogP contribution in [0.3, 0.4) is 0 Å². The first kappa shape index (κ1) is 13.3. The van der Waals surface area contributed by atoms with Crippen molar-refractivity contribution in [3.8, 4) is 5.75 Å². The van der Waals surface area contributed by atoms with Crippen LogP contribution in [0.5, 0.6) is 5.75 Å². The summed E-state index contributed by atoms with van der Waals surface area (Å²) in [6, 6.07) is 1.85. The molecule has 0 aliphatic rings. The predicted octanol–water partition coefficient (Wildman–Crippen LogP) is 2.43. The van der Waals surface area contributed by atoms with E-state index in [4.69, 9.17) is 10.7 Å². The number of aromatic hydroxyl groups is 1. The minimum absolute atomic E-state index is 0.112. The number of aryl methyl sites for hydroxylation is 2. The molecule has 5 heteroatoms. The van der Waals surface area contributed by atoms with Crippen LogP contribution in [0.4, 0.5) is 0 Å². The zero-order valence-corrected chi connectivity index (χ0v) is 11.1. The van der Waals surface area contributed by atoms with Gasteiger partial charge in [0.1, 0.15) is 5.75 Å². The summed E-state index contributed by atoms with van der Waals surface area (Å²) in [6.07, 6.45) is 0.331. The van der Waals surface area contributed by atoms with Crippen molar-refractivity contribution in [3.63, 3.8) is 0 Å².